The Morgan fingerprint density at radius 3 is 2.44 bits per heavy atom. The molecule has 1 saturated heterocycles. The van der Waals surface area contributed by atoms with Gasteiger partial charge in [-0.1, -0.05) is 24.3 Å². The van der Waals surface area contributed by atoms with Crippen LogP contribution in [0.3, 0.4) is 0 Å². The van der Waals surface area contributed by atoms with Crippen molar-refractivity contribution in [2.75, 3.05) is 25.5 Å². The van der Waals surface area contributed by atoms with Crippen molar-refractivity contribution >= 4 is 24.3 Å². The Labute approximate surface area is 242 Å². The molecule has 9 nitrogen and oxygen atoms in total. The fourth-order valence-corrected chi connectivity index (χ4v) is 5.69. The van der Waals surface area contributed by atoms with Gasteiger partial charge < -0.3 is 30.2 Å². The van der Waals surface area contributed by atoms with Crippen molar-refractivity contribution < 1.29 is 28.6 Å². The summed E-state index contributed by atoms with van der Waals surface area (Å²) >= 11 is 0. The van der Waals surface area contributed by atoms with Crippen molar-refractivity contribution in [1.82, 2.24) is 15.1 Å². The van der Waals surface area contributed by atoms with E-state index in [0.717, 1.165) is 29.1 Å². The number of nitrogens with one attached hydrogen (secondary N) is 2. The molecule has 224 valence electrons. The Hall–Kier alpha value is -3.34. The third-order valence-corrected chi connectivity index (χ3v) is 7.30. The van der Waals surface area contributed by atoms with Gasteiger partial charge in [0.2, 0.25) is 12.1 Å². The first-order valence-electron chi connectivity index (χ1n) is 13.9. The van der Waals surface area contributed by atoms with E-state index >= 15 is 4.39 Å². The number of aryl methyl sites for hydroxylation is 1. The van der Waals surface area contributed by atoms with Crippen LogP contribution >= 0.6 is 0 Å². The number of carbonyl (C=O) groups is 3. The number of nitrogens with zero attached hydrogens (tertiary/aromatic N) is 2. The molecule has 1 heterocycles. The second kappa shape index (κ2) is 13.1. The largest absolute Gasteiger partial charge is 0.381 e. The Morgan fingerprint density at radius 1 is 1.17 bits per heavy atom. The van der Waals surface area contributed by atoms with Gasteiger partial charge in [0.05, 0.1) is 17.7 Å². The summed E-state index contributed by atoms with van der Waals surface area (Å²) in [6.07, 6.45) is 0.620. The summed E-state index contributed by atoms with van der Waals surface area (Å²) in [4.78, 5) is 38.8. The lowest BCUT2D eigenvalue weighted by Gasteiger charge is -2.47. The number of carbonyl (C=O) groups excluding carboxylic acids is 3. The molecule has 1 aliphatic heterocycles. The molecule has 0 aromatic heterocycles. The van der Waals surface area contributed by atoms with Crippen LogP contribution in [0.15, 0.2) is 36.4 Å². The number of aliphatic hydroxyl groups is 1. The summed E-state index contributed by atoms with van der Waals surface area (Å²) in [5.41, 5.74) is 0.660. The third kappa shape index (κ3) is 8.12. The zero-order valence-corrected chi connectivity index (χ0v) is 24.9. The number of likely N-dealkylation sites (N-methyl/N-ethyl adjacent to an activating group) is 1. The maximum absolute atomic E-state index is 15.2. The quantitative estimate of drug-likeness (QED) is 0.250. The summed E-state index contributed by atoms with van der Waals surface area (Å²) < 4.78 is 21.4. The highest BCUT2D eigenvalue weighted by Crippen LogP contribution is 2.30. The molecule has 10 heteroatoms. The molecule has 3 N–H and O–H groups in total. The second-order valence-corrected chi connectivity index (χ2v) is 12.0. The highest BCUT2D eigenvalue weighted by atomic mass is 19.1. The molecule has 0 spiro atoms. The smallest absolute Gasteiger partial charge is 0.273 e. The van der Waals surface area contributed by atoms with E-state index in [0.29, 0.717) is 36.1 Å². The monoisotopic (exact) mass is 570 g/mol. The lowest BCUT2D eigenvalue weighted by Crippen LogP contribution is -2.57. The van der Waals surface area contributed by atoms with Crippen LogP contribution in [0, 0.1) is 12.7 Å². The molecule has 2 aromatic carbocycles. The van der Waals surface area contributed by atoms with Gasteiger partial charge in [0.1, 0.15) is 12.1 Å². The maximum atomic E-state index is 15.2. The van der Waals surface area contributed by atoms with E-state index in [2.05, 4.69) is 43.2 Å². The summed E-state index contributed by atoms with van der Waals surface area (Å²) in [6.45, 7) is 12.3. The molecule has 2 amide bonds. The van der Waals surface area contributed by atoms with Crippen LogP contribution < -0.4 is 10.6 Å². The maximum Gasteiger partial charge on any atom is 0.273 e. The Kier molecular flexibility index (Phi) is 10.3. The van der Waals surface area contributed by atoms with E-state index in [4.69, 9.17) is 4.74 Å². The first-order valence-corrected chi connectivity index (χ1v) is 13.9. The van der Waals surface area contributed by atoms with Crippen molar-refractivity contribution in [1.29, 1.82) is 0 Å². The zero-order valence-electron chi connectivity index (χ0n) is 24.9. The van der Waals surface area contributed by atoms with Gasteiger partial charge in [-0.05, 0) is 63.4 Å². The van der Waals surface area contributed by atoms with E-state index in [-0.39, 0.29) is 43.0 Å². The summed E-state index contributed by atoms with van der Waals surface area (Å²) in [6, 6.07) is 10.7. The number of amides is 2. The van der Waals surface area contributed by atoms with Gasteiger partial charge in [-0.15, -0.1) is 0 Å². The van der Waals surface area contributed by atoms with Crippen molar-refractivity contribution in [3.8, 4) is 0 Å². The van der Waals surface area contributed by atoms with Crippen molar-refractivity contribution in [3.05, 3.63) is 64.5 Å². The predicted molar refractivity (Wildman–Crippen MR) is 155 cm³/mol. The van der Waals surface area contributed by atoms with Crippen molar-refractivity contribution in [3.63, 3.8) is 0 Å². The second-order valence-electron chi connectivity index (χ2n) is 12.0. The first-order chi connectivity index (χ1) is 19.2. The number of benzene rings is 2. The van der Waals surface area contributed by atoms with Crippen LogP contribution in [0.1, 0.15) is 62.8 Å². The standard InChI is InChI=1S/C31H43FN4O5/c1-22-9-7-10-27(25(22)18-36(21-38)31(40,13-8-14-37)28(39)33-6)34-16-24-12-11-23(15-26(24)32)17-35-19-29(2,3)41-30(4,5)20-35/h7,9-12,14-15,21,34,40H,8,13,16-20H2,1-6H3,(H,33,39). The van der Waals surface area contributed by atoms with Gasteiger partial charge in [0, 0.05) is 57.3 Å². The Balaban J connectivity index is 1.76. The summed E-state index contributed by atoms with van der Waals surface area (Å²) in [5, 5.41) is 16.7. The molecule has 3 rings (SSSR count). The number of halogens is 1. The molecule has 1 unspecified atom stereocenters. The van der Waals surface area contributed by atoms with E-state index in [1.54, 1.807) is 18.2 Å². The highest BCUT2D eigenvalue weighted by Gasteiger charge is 2.41. The molecule has 0 aliphatic carbocycles. The number of rotatable bonds is 13. The van der Waals surface area contributed by atoms with Crippen LogP contribution in [0.25, 0.3) is 0 Å². The molecule has 1 aliphatic rings. The fourth-order valence-electron chi connectivity index (χ4n) is 5.69. The highest BCUT2D eigenvalue weighted by molar-refractivity contribution is 5.86. The number of aldehydes is 1. The van der Waals surface area contributed by atoms with E-state index in [1.165, 1.54) is 7.05 Å². The van der Waals surface area contributed by atoms with Crippen LogP contribution in [0.2, 0.25) is 0 Å². The topological polar surface area (TPSA) is 111 Å². The van der Waals surface area contributed by atoms with E-state index in [9.17, 15) is 19.5 Å². The fraction of sp³-hybridized carbons (Fsp3) is 0.516. The van der Waals surface area contributed by atoms with Crippen molar-refractivity contribution in [2.24, 2.45) is 0 Å². The number of hydrogen-bond donors (Lipinski definition) is 3. The van der Waals surface area contributed by atoms with Crippen LogP contribution in [0.5, 0.6) is 0 Å². The summed E-state index contributed by atoms with van der Waals surface area (Å²) in [5.74, 6) is -1.12. The van der Waals surface area contributed by atoms with Gasteiger partial charge in [0.15, 0.2) is 0 Å². The third-order valence-electron chi connectivity index (χ3n) is 7.30. The van der Waals surface area contributed by atoms with Gasteiger partial charge in [-0.25, -0.2) is 4.39 Å². The van der Waals surface area contributed by atoms with Crippen molar-refractivity contribution in [2.45, 2.75) is 84.0 Å². The summed E-state index contributed by atoms with van der Waals surface area (Å²) in [7, 11) is 1.35. The average molecular weight is 571 g/mol. The molecular weight excluding hydrogens is 527 g/mol. The zero-order chi connectivity index (χ0) is 30.4. The SMILES string of the molecule is CNC(=O)C(O)(CCC=O)N(C=O)Cc1c(C)cccc1NCc1ccc(CN2CC(C)(C)OC(C)(C)C2)cc1F. The van der Waals surface area contributed by atoms with Gasteiger partial charge >= 0.3 is 0 Å². The Morgan fingerprint density at radius 2 is 1.85 bits per heavy atom. The molecular formula is C31H43FN4O5. The van der Waals surface area contributed by atoms with Gasteiger partial charge in [-0.2, -0.15) is 0 Å². The minimum atomic E-state index is -2.20. The van der Waals surface area contributed by atoms with Gasteiger partial charge in [-0.3, -0.25) is 14.5 Å². The Bertz CT molecular complexity index is 1240. The van der Waals surface area contributed by atoms with E-state index in [1.807, 2.05) is 25.1 Å². The minimum absolute atomic E-state index is 0.102. The average Bonchev–Trinajstić information content (AvgIpc) is 2.88. The van der Waals surface area contributed by atoms with Crippen LogP contribution in [-0.4, -0.2) is 70.6 Å². The normalized spacial score (nSPS) is 17.8. The minimum Gasteiger partial charge on any atom is -0.381 e. The van der Waals surface area contributed by atoms with Gasteiger partial charge in [0.25, 0.3) is 5.91 Å². The number of morpholine rings is 1. The first kappa shape index (κ1) is 32.2. The van der Waals surface area contributed by atoms with Crippen LogP contribution in [-0.2, 0) is 38.8 Å². The number of anilines is 1. The van der Waals surface area contributed by atoms with E-state index < -0.39 is 11.6 Å². The molecule has 2 aromatic rings. The molecule has 1 atom stereocenters. The lowest BCUT2D eigenvalue weighted by molar-refractivity contribution is -0.182. The number of ether oxygens (including phenoxy) is 1. The molecule has 41 heavy (non-hydrogen) atoms. The predicted octanol–water partition coefficient (Wildman–Crippen LogP) is 3.51. The van der Waals surface area contributed by atoms with Crippen LogP contribution in [0.4, 0.5) is 10.1 Å². The molecule has 0 bridgehead atoms. The molecule has 1 fully saturated rings. The molecule has 0 saturated carbocycles. The molecule has 0 radical (unpaired) electrons. The lowest BCUT2D eigenvalue weighted by atomic mass is 9.98. The number of hydrogen-bond acceptors (Lipinski definition) is 7.